The Hall–Kier alpha value is -2.34. The molecule has 5 nitrogen and oxygen atoms in total. The predicted octanol–water partition coefficient (Wildman–Crippen LogP) is 3.74. The van der Waals surface area contributed by atoms with Gasteiger partial charge < -0.3 is 15.0 Å². The van der Waals surface area contributed by atoms with Crippen molar-refractivity contribution in [2.24, 2.45) is 5.92 Å². The number of fused-ring (bicyclic) bond motifs is 1. The number of ether oxygens (including phenoxy) is 1. The van der Waals surface area contributed by atoms with Gasteiger partial charge >= 0.3 is 0 Å². The highest BCUT2D eigenvalue weighted by Crippen LogP contribution is 2.34. The fraction of sp³-hybridized carbons (Fsp3) is 0.429. The molecule has 2 amide bonds. The Morgan fingerprint density at radius 3 is 2.63 bits per heavy atom. The zero-order valence-corrected chi connectivity index (χ0v) is 16.3. The van der Waals surface area contributed by atoms with Crippen molar-refractivity contribution in [2.75, 3.05) is 25.5 Å². The first-order valence-corrected chi connectivity index (χ1v) is 10.3. The fourth-order valence-electron chi connectivity index (χ4n) is 3.85. The first-order chi connectivity index (χ1) is 13.1. The van der Waals surface area contributed by atoms with Gasteiger partial charge in [0.05, 0.1) is 12.0 Å². The lowest BCUT2D eigenvalue weighted by Crippen LogP contribution is -2.27. The molecule has 2 aromatic rings. The highest BCUT2D eigenvalue weighted by molar-refractivity contribution is 7.14. The Balaban J connectivity index is 1.41. The van der Waals surface area contributed by atoms with Gasteiger partial charge in [-0.05, 0) is 68.0 Å². The van der Waals surface area contributed by atoms with Crippen LogP contribution in [0.15, 0.2) is 30.3 Å². The van der Waals surface area contributed by atoms with Crippen LogP contribution in [-0.2, 0) is 17.6 Å². The number of hydrogen-bond acceptors (Lipinski definition) is 4. The number of nitrogens with zero attached hydrogens (tertiary/aromatic N) is 1. The van der Waals surface area contributed by atoms with Crippen LogP contribution in [0, 0.1) is 5.92 Å². The van der Waals surface area contributed by atoms with E-state index in [-0.39, 0.29) is 17.7 Å². The maximum atomic E-state index is 12.7. The zero-order valence-electron chi connectivity index (χ0n) is 15.5. The number of hydrogen-bond donors (Lipinski definition) is 1. The van der Waals surface area contributed by atoms with Crippen LogP contribution < -0.4 is 10.1 Å². The maximum Gasteiger partial charge on any atom is 0.263 e. The van der Waals surface area contributed by atoms with Crippen molar-refractivity contribution < 1.29 is 14.3 Å². The van der Waals surface area contributed by atoms with E-state index >= 15 is 0 Å². The van der Waals surface area contributed by atoms with E-state index in [0.29, 0.717) is 6.42 Å². The van der Waals surface area contributed by atoms with Crippen molar-refractivity contribution in [3.63, 3.8) is 0 Å². The summed E-state index contributed by atoms with van der Waals surface area (Å²) < 4.78 is 5.15. The van der Waals surface area contributed by atoms with E-state index in [1.54, 1.807) is 18.4 Å². The minimum atomic E-state index is -0.0519. The lowest BCUT2D eigenvalue weighted by Gasteiger charge is -2.21. The maximum absolute atomic E-state index is 12.7. The average Bonchev–Trinajstić information content (AvgIpc) is 3.37. The number of thiophene rings is 1. The van der Waals surface area contributed by atoms with Gasteiger partial charge in [-0.2, -0.15) is 0 Å². The summed E-state index contributed by atoms with van der Waals surface area (Å²) >= 11 is 1.62. The molecule has 1 aromatic carbocycles. The second-order valence-corrected chi connectivity index (χ2v) is 8.35. The molecule has 0 radical (unpaired) electrons. The molecular weight excluding hydrogens is 360 g/mol. The van der Waals surface area contributed by atoms with Gasteiger partial charge in [-0.25, -0.2) is 0 Å². The van der Waals surface area contributed by atoms with Gasteiger partial charge in [0.1, 0.15) is 5.75 Å². The Kier molecular flexibility index (Phi) is 5.16. The summed E-state index contributed by atoms with van der Waals surface area (Å²) in [6.45, 7) is 1.74. The smallest absolute Gasteiger partial charge is 0.263 e. The quantitative estimate of drug-likeness (QED) is 0.874. The zero-order chi connectivity index (χ0) is 18.8. The number of carbonyl (C=O) groups is 2. The molecule has 1 fully saturated rings. The molecule has 1 aliphatic carbocycles. The molecule has 0 spiro atoms. The summed E-state index contributed by atoms with van der Waals surface area (Å²) in [6, 6.07) is 9.39. The van der Waals surface area contributed by atoms with Gasteiger partial charge in [0.25, 0.3) is 5.91 Å². The van der Waals surface area contributed by atoms with Crippen molar-refractivity contribution in [1.82, 2.24) is 4.90 Å². The summed E-state index contributed by atoms with van der Waals surface area (Å²) in [6.07, 6.45) is 4.61. The van der Waals surface area contributed by atoms with E-state index in [4.69, 9.17) is 4.74 Å². The molecular formula is C21H24N2O3S. The molecule has 1 aromatic heterocycles. The van der Waals surface area contributed by atoms with Crippen LogP contribution >= 0.6 is 11.3 Å². The van der Waals surface area contributed by atoms with Crippen molar-refractivity contribution >= 4 is 28.8 Å². The van der Waals surface area contributed by atoms with Crippen LogP contribution in [0.4, 0.5) is 5.69 Å². The van der Waals surface area contributed by atoms with Crippen LogP contribution in [0.2, 0.25) is 0 Å². The molecule has 1 saturated heterocycles. The average molecular weight is 385 g/mol. The third-order valence-electron chi connectivity index (χ3n) is 5.42. The Morgan fingerprint density at radius 1 is 1.19 bits per heavy atom. The second kappa shape index (κ2) is 7.72. The van der Waals surface area contributed by atoms with Gasteiger partial charge in [-0.1, -0.05) is 0 Å². The van der Waals surface area contributed by atoms with Crippen LogP contribution in [0.3, 0.4) is 0 Å². The molecule has 0 unspecified atom stereocenters. The number of benzene rings is 1. The number of likely N-dealkylation sites (tertiary alicyclic amines) is 1. The normalized spacial score (nSPS) is 18.9. The van der Waals surface area contributed by atoms with Crippen LogP contribution in [-0.4, -0.2) is 36.9 Å². The van der Waals surface area contributed by atoms with E-state index in [1.165, 1.54) is 10.4 Å². The van der Waals surface area contributed by atoms with E-state index in [9.17, 15) is 9.59 Å². The Morgan fingerprint density at radius 2 is 1.93 bits per heavy atom. The van der Waals surface area contributed by atoms with Crippen LogP contribution in [0.1, 0.15) is 39.4 Å². The number of nitrogens with one attached hydrogen (secondary N) is 1. The van der Waals surface area contributed by atoms with E-state index in [0.717, 1.165) is 55.1 Å². The van der Waals surface area contributed by atoms with Gasteiger partial charge in [0.15, 0.2) is 0 Å². The summed E-state index contributed by atoms with van der Waals surface area (Å²) in [5.74, 6) is 0.920. The van der Waals surface area contributed by atoms with E-state index in [1.807, 2.05) is 35.2 Å². The summed E-state index contributed by atoms with van der Waals surface area (Å²) in [5, 5.41) is 3.00. The number of methoxy groups -OCH3 is 1. The topological polar surface area (TPSA) is 58.6 Å². The molecule has 142 valence electrons. The molecule has 0 bridgehead atoms. The minimum absolute atomic E-state index is 0.0458. The summed E-state index contributed by atoms with van der Waals surface area (Å²) in [5.41, 5.74) is 1.95. The number of aryl methyl sites for hydroxylation is 1. The molecule has 1 aliphatic heterocycles. The van der Waals surface area contributed by atoms with Gasteiger partial charge in [-0.15, -0.1) is 11.3 Å². The molecule has 2 aliphatic rings. The highest BCUT2D eigenvalue weighted by Gasteiger charge is 2.29. The third kappa shape index (κ3) is 3.86. The predicted molar refractivity (Wildman–Crippen MR) is 107 cm³/mol. The molecule has 1 N–H and O–H groups in total. The first-order valence-electron chi connectivity index (χ1n) is 9.50. The fourth-order valence-corrected chi connectivity index (χ4v) is 5.02. The highest BCUT2D eigenvalue weighted by atomic mass is 32.1. The minimum Gasteiger partial charge on any atom is -0.497 e. The standard InChI is InChI=1S/C21H24N2O3S/c1-26-17-7-5-16(6-8-17)22-20(24)14-4-9-18-15(12-14)13-19(27-18)21(25)23-10-2-3-11-23/h5-8,13-14H,2-4,9-12H2,1H3,(H,22,24)/t14-/m1/s1. The van der Waals surface area contributed by atoms with Crippen molar-refractivity contribution in [2.45, 2.75) is 32.1 Å². The number of carbonyl (C=O) groups excluding carboxylic acids is 2. The molecule has 4 rings (SSSR count). The first kappa shape index (κ1) is 18.0. The van der Waals surface area contributed by atoms with E-state index in [2.05, 4.69) is 5.32 Å². The Labute approximate surface area is 163 Å². The lowest BCUT2D eigenvalue weighted by molar-refractivity contribution is -0.120. The van der Waals surface area contributed by atoms with Crippen LogP contribution in [0.5, 0.6) is 5.75 Å². The Bertz CT molecular complexity index is 838. The number of rotatable bonds is 4. The molecule has 6 heteroatoms. The third-order valence-corrected chi connectivity index (χ3v) is 6.64. The molecule has 27 heavy (non-hydrogen) atoms. The van der Waals surface area contributed by atoms with Gasteiger partial charge in [0.2, 0.25) is 5.91 Å². The summed E-state index contributed by atoms with van der Waals surface area (Å²) in [7, 11) is 1.62. The molecule has 1 atom stereocenters. The largest absolute Gasteiger partial charge is 0.497 e. The second-order valence-electron chi connectivity index (χ2n) is 7.22. The summed E-state index contributed by atoms with van der Waals surface area (Å²) in [4.78, 5) is 29.3. The number of anilines is 1. The van der Waals surface area contributed by atoms with Gasteiger partial charge in [0, 0.05) is 29.6 Å². The van der Waals surface area contributed by atoms with Crippen molar-refractivity contribution in [3.05, 3.63) is 45.6 Å². The number of amides is 2. The van der Waals surface area contributed by atoms with Crippen LogP contribution in [0.25, 0.3) is 0 Å². The molecule has 2 heterocycles. The van der Waals surface area contributed by atoms with E-state index < -0.39 is 0 Å². The van der Waals surface area contributed by atoms with Crippen molar-refractivity contribution in [1.29, 1.82) is 0 Å². The monoisotopic (exact) mass is 384 g/mol. The SMILES string of the molecule is COc1ccc(NC(=O)[C@@H]2CCc3sc(C(=O)N4CCCC4)cc3C2)cc1. The van der Waals surface area contributed by atoms with Crippen molar-refractivity contribution in [3.8, 4) is 5.75 Å². The lowest BCUT2D eigenvalue weighted by atomic mass is 9.87. The molecule has 0 saturated carbocycles. The van der Waals surface area contributed by atoms with Gasteiger partial charge in [-0.3, -0.25) is 9.59 Å².